The van der Waals surface area contributed by atoms with Crippen LogP contribution >= 0.6 is 12.6 Å². The zero-order valence-electron chi connectivity index (χ0n) is 9.76. The van der Waals surface area contributed by atoms with Crippen LogP contribution in [0.3, 0.4) is 0 Å². The smallest absolute Gasteiger partial charge is 0.338 e. The van der Waals surface area contributed by atoms with Crippen molar-refractivity contribution in [1.82, 2.24) is 0 Å². The van der Waals surface area contributed by atoms with Gasteiger partial charge in [-0.25, -0.2) is 4.79 Å². The number of nitro groups is 1. The Labute approximate surface area is 104 Å². The molecule has 0 amide bonds. The summed E-state index contributed by atoms with van der Waals surface area (Å²) in [5.74, 6) is -0.525. The van der Waals surface area contributed by atoms with E-state index in [1.807, 2.05) is 0 Å². The molecule has 0 heterocycles. The third-order valence-corrected chi connectivity index (χ3v) is 2.16. The average Bonchev–Trinajstić information content (AvgIpc) is 2.14. The molecular formula is C11H13NO4S. The van der Waals surface area contributed by atoms with E-state index in [1.165, 1.54) is 18.2 Å². The lowest BCUT2D eigenvalue weighted by atomic mass is 10.1. The van der Waals surface area contributed by atoms with E-state index in [-0.39, 0.29) is 16.1 Å². The normalized spacial score (nSPS) is 11.1. The van der Waals surface area contributed by atoms with Gasteiger partial charge >= 0.3 is 5.97 Å². The summed E-state index contributed by atoms with van der Waals surface area (Å²) in [6.07, 6.45) is 0. The summed E-state index contributed by atoms with van der Waals surface area (Å²) in [6, 6.07) is 3.92. The van der Waals surface area contributed by atoms with Gasteiger partial charge in [0, 0.05) is 6.07 Å². The van der Waals surface area contributed by atoms with Crippen molar-refractivity contribution in [2.75, 3.05) is 0 Å². The van der Waals surface area contributed by atoms with Gasteiger partial charge in [-0.2, -0.15) is 0 Å². The first-order valence-electron chi connectivity index (χ1n) is 4.91. The Morgan fingerprint density at radius 1 is 1.41 bits per heavy atom. The Bertz CT molecular complexity index is 465. The van der Waals surface area contributed by atoms with Gasteiger partial charge in [-0.3, -0.25) is 10.1 Å². The predicted molar refractivity (Wildman–Crippen MR) is 65.5 cm³/mol. The van der Waals surface area contributed by atoms with E-state index >= 15 is 0 Å². The van der Waals surface area contributed by atoms with Crippen LogP contribution in [0, 0.1) is 10.1 Å². The quantitative estimate of drug-likeness (QED) is 0.382. The summed E-state index contributed by atoms with van der Waals surface area (Å²) in [6.45, 7) is 5.24. The number of carbonyl (C=O) groups is 1. The molecule has 1 aromatic rings. The molecule has 0 saturated carbocycles. The summed E-state index contributed by atoms with van der Waals surface area (Å²) in [4.78, 5) is 21.8. The molecule has 92 valence electrons. The summed E-state index contributed by atoms with van der Waals surface area (Å²) < 4.78 is 5.14. The molecule has 6 heteroatoms. The summed E-state index contributed by atoms with van der Waals surface area (Å²) in [5.41, 5.74) is -0.494. The van der Waals surface area contributed by atoms with E-state index in [0.717, 1.165) is 0 Å². The second kappa shape index (κ2) is 4.75. The molecule has 1 rings (SSSR count). The van der Waals surface area contributed by atoms with E-state index in [0.29, 0.717) is 0 Å². The van der Waals surface area contributed by atoms with Gasteiger partial charge in [-0.1, -0.05) is 0 Å². The van der Waals surface area contributed by atoms with Crippen molar-refractivity contribution in [3.63, 3.8) is 0 Å². The first kappa shape index (κ1) is 13.5. The molecular weight excluding hydrogens is 242 g/mol. The van der Waals surface area contributed by atoms with Crippen LogP contribution in [0.15, 0.2) is 23.1 Å². The minimum absolute atomic E-state index is 0.137. The van der Waals surface area contributed by atoms with Gasteiger partial charge in [0.1, 0.15) is 5.60 Å². The molecule has 0 aliphatic rings. The van der Waals surface area contributed by atoms with Gasteiger partial charge < -0.3 is 4.74 Å². The van der Waals surface area contributed by atoms with Crippen molar-refractivity contribution >= 4 is 24.3 Å². The second-order valence-electron chi connectivity index (χ2n) is 4.46. The molecule has 0 aliphatic heterocycles. The van der Waals surface area contributed by atoms with Gasteiger partial charge in [0.25, 0.3) is 5.69 Å². The second-order valence-corrected chi connectivity index (χ2v) is 4.94. The van der Waals surface area contributed by atoms with Gasteiger partial charge in [0.2, 0.25) is 0 Å². The number of hydrogen-bond donors (Lipinski definition) is 1. The lowest BCUT2D eigenvalue weighted by molar-refractivity contribution is -0.387. The average molecular weight is 255 g/mol. The third kappa shape index (κ3) is 3.74. The van der Waals surface area contributed by atoms with Gasteiger partial charge in [-0.15, -0.1) is 12.6 Å². The molecule has 0 fully saturated rings. The van der Waals surface area contributed by atoms with E-state index in [4.69, 9.17) is 4.74 Å². The Kier molecular flexibility index (Phi) is 3.77. The highest BCUT2D eigenvalue weighted by atomic mass is 32.1. The van der Waals surface area contributed by atoms with Crippen LogP contribution in [0.25, 0.3) is 0 Å². The topological polar surface area (TPSA) is 69.4 Å². The molecule has 5 nitrogen and oxygen atoms in total. The highest BCUT2D eigenvalue weighted by Gasteiger charge is 2.20. The molecule has 0 N–H and O–H groups in total. The molecule has 0 radical (unpaired) electrons. The molecule has 0 saturated heterocycles. The summed E-state index contributed by atoms with van der Waals surface area (Å²) in [7, 11) is 0. The summed E-state index contributed by atoms with van der Waals surface area (Å²) in [5, 5.41) is 10.6. The van der Waals surface area contributed by atoms with Crippen LogP contribution in [0.1, 0.15) is 31.1 Å². The number of ether oxygens (including phenoxy) is 1. The Morgan fingerprint density at radius 3 is 2.41 bits per heavy atom. The predicted octanol–water partition coefficient (Wildman–Crippen LogP) is 2.84. The molecule has 0 bridgehead atoms. The number of carbonyl (C=O) groups excluding carboxylic acids is 1. The SMILES string of the molecule is CC(C)(C)OC(=O)c1ccc([N+](=O)[O-])c(S)c1. The van der Waals surface area contributed by atoms with Gasteiger partial charge in [-0.05, 0) is 32.9 Å². The maximum Gasteiger partial charge on any atom is 0.338 e. The van der Waals surface area contributed by atoms with Crippen LogP contribution in [0.2, 0.25) is 0 Å². The van der Waals surface area contributed by atoms with Crippen LogP contribution < -0.4 is 0 Å². The van der Waals surface area contributed by atoms with Crippen molar-refractivity contribution in [1.29, 1.82) is 0 Å². The van der Waals surface area contributed by atoms with Crippen LogP contribution in [-0.4, -0.2) is 16.5 Å². The fourth-order valence-electron chi connectivity index (χ4n) is 1.14. The van der Waals surface area contributed by atoms with Crippen LogP contribution in [-0.2, 0) is 4.74 Å². The van der Waals surface area contributed by atoms with Crippen molar-refractivity contribution in [3.8, 4) is 0 Å². The number of thiol groups is 1. The largest absolute Gasteiger partial charge is 0.456 e. The zero-order chi connectivity index (χ0) is 13.2. The number of nitrogens with zero attached hydrogens (tertiary/aromatic N) is 1. The standard InChI is InChI=1S/C11H13NO4S/c1-11(2,3)16-10(13)7-4-5-8(12(14)15)9(17)6-7/h4-6,17H,1-3H3. The lowest BCUT2D eigenvalue weighted by Gasteiger charge is -2.19. The third-order valence-electron chi connectivity index (χ3n) is 1.81. The molecule has 0 atom stereocenters. The van der Waals surface area contributed by atoms with E-state index < -0.39 is 16.5 Å². The molecule has 17 heavy (non-hydrogen) atoms. The number of esters is 1. The Morgan fingerprint density at radius 2 is 2.00 bits per heavy atom. The maximum atomic E-state index is 11.7. The fraction of sp³-hybridized carbons (Fsp3) is 0.364. The molecule has 0 aromatic heterocycles. The van der Waals surface area contributed by atoms with E-state index in [9.17, 15) is 14.9 Å². The van der Waals surface area contributed by atoms with Crippen molar-refractivity contribution in [3.05, 3.63) is 33.9 Å². The zero-order valence-corrected chi connectivity index (χ0v) is 10.7. The van der Waals surface area contributed by atoms with Crippen molar-refractivity contribution in [2.45, 2.75) is 31.3 Å². The molecule has 0 spiro atoms. The maximum absolute atomic E-state index is 11.7. The minimum Gasteiger partial charge on any atom is -0.456 e. The van der Waals surface area contributed by atoms with Crippen LogP contribution in [0.5, 0.6) is 0 Å². The molecule has 0 unspecified atom stereocenters. The van der Waals surface area contributed by atoms with Crippen LogP contribution in [0.4, 0.5) is 5.69 Å². The highest BCUT2D eigenvalue weighted by molar-refractivity contribution is 7.80. The number of benzene rings is 1. The Balaban J connectivity index is 2.98. The number of rotatable bonds is 2. The molecule has 0 aliphatic carbocycles. The van der Waals surface area contributed by atoms with Gasteiger partial charge in [0.05, 0.1) is 15.4 Å². The Hall–Kier alpha value is -1.56. The minimum atomic E-state index is -0.602. The van der Waals surface area contributed by atoms with Crippen molar-refractivity contribution < 1.29 is 14.5 Å². The molecule has 1 aromatic carbocycles. The highest BCUT2D eigenvalue weighted by Crippen LogP contribution is 2.24. The van der Waals surface area contributed by atoms with Gasteiger partial charge in [0.15, 0.2) is 0 Å². The number of nitro benzene ring substituents is 1. The first-order chi connectivity index (χ1) is 7.70. The van der Waals surface area contributed by atoms with E-state index in [1.54, 1.807) is 20.8 Å². The number of hydrogen-bond acceptors (Lipinski definition) is 5. The lowest BCUT2D eigenvalue weighted by Crippen LogP contribution is -2.23. The first-order valence-corrected chi connectivity index (χ1v) is 5.36. The fourth-order valence-corrected chi connectivity index (χ4v) is 1.44. The monoisotopic (exact) mass is 255 g/mol. The summed E-state index contributed by atoms with van der Waals surface area (Å²) >= 11 is 3.96. The van der Waals surface area contributed by atoms with E-state index in [2.05, 4.69) is 12.6 Å². The van der Waals surface area contributed by atoms with Crippen molar-refractivity contribution in [2.24, 2.45) is 0 Å².